The average molecular weight is 661 g/mol. The molecular formula is C35H50F2N2O6Si. The van der Waals surface area contributed by atoms with Gasteiger partial charge in [0.05, 0.1) is 37.4 Å². The van der Waals surface area contributed by atoms with Crippen molar-refractivity contribution in [3.63, 3.8) is 0 Å². The molecular weight excluding hydrogens is 610 g/mol. The fourth-order valence-electron chi connectivity index (χ4n) is 5.09. The van der Waals surface area contributed by atoms with E-state index in [0.717, 1.165) is 11.6 Å². The van der Waals surface area contributed by atoms with Crippen molar-refractivity contribution < 1.29 is 37.0 Å². The second kappa shape index (κ2) is 15.5. The smallest absolute Gasteiger partial charge is 0.410 e. The summed E-state index contributed by atoms with van der Waals surface area (Å²) in [5, 5.41) is 2.70. The molecule has 1 fully saturated rings. The van der Waals surface area contributed by atoms with E-state index in [1.54, 1.807) is 31.7 Å². The lowest BCUT2D eigenvalue weighted by Gasteiger charge is -2.45. The van der Waals surface area contributed by atoms with Crippen LogP contribution in [0.25, 0.3) is 0 Å². The molecule has 1 aliphatic rings. The number of nitrogens with one attached hydrogen (secondary N) is 1. The maximum Gasteiger partial charge on any atom is 0.410 e. The van der Waals surface area contributed by atoms with Crippen LogP contribution in [-0.2, 0) is 31.7 Å². The van der Waals surface area contributed by atoms with Gasteiger partial charge < -0.3 is 24.0 Å². The van der Waals surface area contributed by atoms with Gasteiger partial charge in [0.1, 0.15) is 23.8 Å². The summed E-state index contributed by atoms with van der Waals surface area (Å²) in [4.78, 5) is 28.6. The molecule has 0 aliphatic carbocycles. The number of likely N-dealkylation sites (tertiary alicyclic amines) is 1. The Morgan fingerprint density at radius 3 is 2.24 bits per heavy atom. The normalized spacial score (nSPS) is 18.5. The van der Waals surface area contributed by atoms with Crippen molar-refractivity contribution in [3.05, 3.63) is 83.9 Å². The molecule has 1 N–H and O–H groups in total. The van der Waals surface area contributed by atoms with E-state index in [4.69, 9.17) is 18.6 Å². The molecule has 0 bridgehead atoms. The molecule has 0 saturated carbocycles. The second-order valence-corrected chi connectivity index (χ2v) is 19.1. The van der Waals surface area contributed by atoms with Gasteiger partial charge in [0.2, 0.25) is 0 Å². The highest BCUT2D eigenvalue weighted by molar-refractivity contribution is 6.74. The number of ether oxygens (including phenoxy) is 3. The Morgan fingerprint density at radius 2 is 1.67 bits per heavy atom. The third-order valence-electron chi connectivity index (χ3n) is 8.29. The van der Waals surface area contributed by atoms with Gasteiger partial charge in [-0.05, 0) is 75.0 Å². The minimum Gasteiger partial charge on any atom is -0.445 e. The third kappa shape index (κ3) is 10.9. The Balaban J connectivity index is 2.08. The van der Waals surface area contributed by atoms with E-state index in [1.807, 2.05) is 30.3 Å². The first-order chi connectivity index (χ1) is 21.4. The van der Waals surface area contributed by atoms with Crippen LogP contribution in [0.1, 0.15) is 59.1 Å². The van der Waals surface area contributed by atoms with E-state index < -0.39 is 55.9 Å². The zero-order valence-electron chi connectivity index (χ0n) is 28.4. The van der Waals surface area contributed by atoms with Crippen molar-refractivity contribution in [2.45, 2.75) is 109 Å². The van der Waals surface area contributed by atoms with Gasteiger partial charge in [-0.15, -0.1) is 6.58 Å². The Labute approximate surface area is 273 Å². The minimum atomic E-state index is -2.59. The molecule has 1 heterocycles. The second-order valence-electron chi connectivity index (χ2n) is 14.3. The number of halogens is 2. The number of carbonyl (C=O) groups is 2. The molecule has 11 heteroatoms. The van der Waals surface area contributed by atoms with Gasteiger partial charge in [0.25, 0.3) is 0 Å². The van der Waals surface area contributed by atoms with Gasteiger partial charge in [0.15, 0.2) is 8.32 Å². The van der Waals surface area contributed by atoms with Gasteiger partial charge in [-0.3, -0.25) is 4.90 Å². The molecule has 1 aliphatic heterocycles. The topological polar surface area (TPSA) is 86.3 Å². The quantitative estimate of drug-likeness (QED) is 0.185. The van der Waals surface area contributed by atoms with Crippen molar-refractivity contribution in [1.29, 1.82) is 0 Å². The number of nitrogens with zero attached hydrogens (tertiary/aromatic N) is 1. The van der Waals surface area contributed by atoms with Crippen molar-refractivity contribution in [2.75, 3.05) is 13.2 Å². The van der Waals surface area contributed by atoms with Crippen LogP contribution in [0.15, 0.2) is 61.2 Å². The highest BCUT2D eigenvalue weighted by Crippen LogP contribution is 2.40. The van der Waals surface area contributed by atoms with Crippen LogP contribution < -0.4 is 5.32 Å². The summed E-state index contributed by atoms with van der Waals surface area (Å²) >= 11 is 0. The van der Waals surface area contributed by atoms with Crippen LogP contribution in [-0.4, -0.2) is 68.4 Å². The maximum atomic E-state index is 14.4. The first kappa shape index (κ1) is 37.2. The van der Waals surface area contributed by atoms with E-state index >= 15 is 0 Å². The van der Waals surface area contributed by atoms with Crippen LogP contribution in [0.4, 0.5) is 18.4 Å². The molecule has 2 aromatic rings. The molecule has 8 nitrogen and oxygen atoms in total. The zero-order chi connectivity index (χ0) is 34.3. The SMILES string of the molecule is C=CCO[C@@H]1C[C@H]([C@@H](O[Si](C)(C)C(C)(C)C)[C@H](Cc2cc(F)cc(F)c2)NC(=O)OCc2ccccc2)N(C(=O)OC(C)(C)C)C1. The predicted octanol–water partition coefficient (Wildman–Crippen LogP) is 7.77. The van der Waals surface area contributed by atoms with Gasteiger partial charge in [-0.2, -0.15) is 0 Å². The van der Waals surface area contributed by atoms with Crippen molar-refractivity contribution in [2.24, 2.45) is 0 Å². The first-order valence-corrected chi connectivity index (χ1v) is 18.6. The Morgan fingerprint density at radius 1 is 1.04 bits per heavy atom. The summed E-state index contributed by atoms with van der Waals surface area (Å²) in [5.41, 5.74) is 0.343. The largest absolute Gasteiger partial charge is 0.445 e. The lowest BCUT2D eigenvalue weighted by molar-refractivity contribution is 0.000196. The molecule has 1 saturated heterocycles. The van der Waals surface area contributed by atoms with Crippen LogP contribution in [0.5, 0.6) is 0 Å². The molecule has 0 radical (unpaired) electrons. The van der Waals surface area contributed by atoms with Crippen LogP contribution >= 0.6 is 0 Å². The van der Waals surface area contributed by atoms with E-state index in [-0.39, 0.29) is 37.3 Å². The van der Waals surface area contributed by atoms with Crippen molar-refractivity contribution in [3.8, 4) is 0 Å². The van der Waals surface area contributed by atoms with Gasteiger partial charge in [-0.1, -0.05) is 57.2 Å². The molecule has 0 spiro atoms. The summed E-state index contributed by atoms with van der Waals surface area (Å²) in [6.45, 7) is 20.1. The fourth-order valence-corrected chi connectivity index (χ4v) is 6.44. The zero-order valence-corrected chi connectivity index (χ0v) is 29.4. The molecule has 3 rings (SSSR count). The van der Waals surface area contributed by atoms with Crippen LogP contribution in [0.2, 0.25) is 18.1 Å². The summed E-state index contributed by atoms with van der Waals surface area (Å²) in [6, 6.07) is 11.0. The maximum absolute atomic E-state index is 14.4. The molecule has 46 heavy (non-hydrogen) atoms. The molecule has 0 unspecified atom stereocenters. The standard InChI is InChI=1S/C35H50F2N2O6Si/c1-10-16-42-28-21-30(39(22-28)33(41)44-34(2,3)4)31(45-46(8,9)35(5,6)7)29(19-25-17-26(36)20-27(37)18-25)38-32(40)43-23-24-14-12-11-13-15-24/h10-15,17-18,20,28-31H,1,16,19,21-23H2,2-9H3,(H,38,40)/t28-,29+,30-,31+/m1/s1. The van der Waals surface area contributed by atoms with E-state index in [2.05, 4.69) is 45.8 Å². The highest BCUT2D eigenvalue weighted by atomic mass is 28.4. The number of rotatable bonds is 12. The lowest BCUT2D eigenvalue weighted by atomic mass is 9.94. The number of amides is 2. The molecule has 2 aromatic carbocycles. The van der Waals surface area contributed by atoms with Gasteiger partial charge in [0, 0.05) is 6.07 Å². The summed E-state index contributed by atoms with van der Waals surface area (Å²) in [5.74, 6) is -1.48. The van der Waals surface area contributed by atoms with Crippen LogP contribution in [0, 0.1) is 11.6 Å². The van der Waals surface area contributed by atoms with Crippen molar-refractivity contribution in [1.82, 2.24) is 10.2 Å². The summed E-state index contributed by atoms with van der Waals surface area (Å²) < 4.78 is 53.3. The van der Waals surface area contributed by atoms with E-state index in [0.29, 0.717) is 12.0 Å². The number of hydrogen-bond acceptors (Lipinski definition) is 6. The molecule has 0 aromatic heterocycles. The van der Waals surface area contributed by atoms with Gasteiger partial charge in [-0.25, -0.2) is 18.4 Å². The molecule has 254 valence electrons. The Kier molecular flexibility index (Phi) is 12.6. The summed E-state index contributed by atoms with van der Waals surface area (Å²) in [6.07, 6.45) is -0.434. The van der Waals surface area contributed by atoms with E-state index in [9.17, 15) is 18.4 Å². The predicted molar refractivity (Wildman–Crippen MR) is 177 cm³/mol. The lowest BCUT2D eigenvalue weighted by Crippen LogP contribution is -2.60. The van der Waals surface area contributed by atoms with E-state index in [1.165, 1.54) is 12.1 Å². The Hall–Kier alpha value is -3.28. The molecule has 2 amide bonds. The monoisotopic (exact) mass is 660 g/mol. The number of hydrogen-bond donors (Lipinski definition) is 1. The Bertz CT molecular complexity index is 1310. The number of alkyl carbamates (subject to hydrolysis) is 1. The third-order valence-corrected chi connectivity index (χ3v) is 12.8. The summed E-state index contributed by atoms with van der Waals surface area (Å²) in [7, 11) is -2.59. The van der Waals surface area contributed by atoms with Gasteiger partial charge >= 0.3 is 12.2 Å². The average Bonchev–Trinajstić information content (AvgIpc) is 3.36. The van der Waals surface area contributed by atoms with Crippen molar-refractivity contribution >= 4 is 20.5 Å². The molecule has 4 atom stereocenters. The number of carbonyl (C=O) groups excluding carboxylic acids is 2. The van der Waals surface area contributed by atoms with Crippen LogP contribution in [0.3, 0.4) is 0 Å². The number of benzene rings is 2. The highest BCUT2D eigenvalue weighted by Gasteiger charge is 2.49. The first-order valence-electron chi connectivity index (χ1n) is 15.7. The minimum absolute atomic E-state index is 0.00520. The fraction of sp³-hybridized carbons (Fsp3) is 0.543.